The first-order valence-corrected chi connectivity index (χ1v) is 6.13. The molecular weight excluding hydrogens is 198 g/mol. The molecule has 1 aliphatic heterocycles. The lowest BCUT2D eigenvalue weighted by molar-refractivity contribution is -0.000108. The molecule has 1 aliphatic rings. The maximum absolute atomic E-state index is 6.31. The monoisotopic (exact) mass is 219 g/mol. The number of benzene rings is 1. The van der Waals surface area contributed by atoms with Crippen LogP contribution in [-0.2, 0) is 4.74 Å². The maximum Gasteiger partial charge on any atom is 0.0767 e. The van der Waals surface area contributed by atoms with Gasteiger partial charge in [-0.1, -0.05) is 23.8 Å². The van der Waals surface area contributed by atoms with Gasteiger partial charge in [-0.25, -0.2) is 0 Å². The Bertz CT molecular complexity index is 356. The van der Waals surface area contributed by atoms with Gasteiger partial charge in [0.15, 0.2) is 0 Å². The molecule has 0 aliphatic carbocycles. The molecule has 2 atom stereocenters. The van der Waals surface area contributed by atoms with Crippen LogP contribution in [0.1, 0.15) is 42.0 Å². The number of aryl methyl sites for hydroxylation is 2. The number of rotatable bonds is 2. The van der Waals surface area contributed by atoms with Gasteiger partial charge in [0.05, 0.1) is 12.1 Å². The maximum atomic E-state index is 6.31. The molecule has 0 radical (unpaired) electrons. The average molecular weight is 219 g/mol. The zero-order valence-electron chi connectivity index (χ0n) is 10.2. The minimum absolute atomic E-state index is 0.0280. The van der Waals surface area contributed by atoms with Crippen LogP contribution >= 0.6 is 0 Å². The lowest BCUT2D eigenvalue weighted by Crippen LogP contribution is -2.32. The Labute approximate surface area is 97.8 Å². The first-order chi connectivity index (χ1) is 7.68. The summed E-state index contributed by atoms with van der Waals surface area (Å²) in [7, 11) is 0. The van der Waals surface area contributed by atoms with E-state index in [1.807, 2.05) is 0 Å². The predicted molar refractivity (Wildman–Crippen MR) is 66.4 cm³/mol. The van der Waals surface area contributed by atoms with E-state index in [0.717, 1.165) is 13.0 Å². The molecule has 2 N–H and O–H groups in total. The van der Waals surface area contributed by atoms with Crippen LogP contribution < -0.4 is 5.73 Å². The van der Waals surface area contributed by atoms with E-state index in [1.54, 1.807) is 0 Å². The van der Waals surface area contributed by atoms with Crippen molar-refractivity contribution in [3.63, 3.8) is 0 Å². The van der Waals surface area contributed by atoms with E-state index in [1.165, 1.54) is 29.5 Å². The summed E-state index contributed by atoms with van der Waals surface area (Å²) in [6, 6.07) is 6.50. The first kappa shape index (κ1) is 11.6. The van der Waals surface area contributed by atoms with Crippen molar-refractivity contribution >= 4 is 0 Å². The van der Waals surface area contributed by atoms with Gasteiger partial charge in [-0.2, -0.15) is 0 Å². The summed E-state index contributed by atoms with van der Waals surface area (Å²) < 4.78 is 5.76. The van der Waals surface area contributed by atoms with E-state index in [4.69, 9.17) is 10.5 Å². The van der Waals surface area contributed by atoms with Gasteiger partial charge in [-0.05, 0) is 44.2 Å². The summed E-state index contributed by atoms with van der Waals surface area (Å²) in [4.78, 5) is 0. The highest BCUT2D eigenvalue weighted by Gasteiger charge is 2.23. The van der Waals surface area contributed by atoms with Gasteiger partial charge in [0.1, 0.15) is 0 Å². The van der Waals surface area contributed by atoms with Crippen molar-refractivity contribution in [1.29, 1.82) is 0 Å². The number of hydrogen-bond donors (Lipinski definition) is 1. The Kier molecular flexibility index (Phi) is 3.62. The van der Waals surface area contributed by atoms with Crippen LogP contribution in [0.15, 0.2) is 18.2 Å². The Balaban J connectivity index is 2.18. The van der Waals surface area contributed by atoms with Crippen LogP contribution in [0.25, 0.3) is 0 Å². The molecule has 2 heteroatoms. The summed E-state index contributed by atoms with van der Waals surface area (Å²) in [6.07, 6.45) is 3.71. The Morgan fingerprint density at radius 2 is 2.12 bits per heavy atom. The van der Waals surface area contributed by atoms with Crippen molar-refractivity contribution in [2.24, 2.45) is 5.73 Å². The summed E-state index contributed by atoms with van der Waals surface area (Å²) in [5.41, 5.74) is 10.1. The highest BCUT2D eigenvalue weighted by molar-refractivity contribution is 5.33. The third kappa shape index (κ3) is 2.45. The van der Waals surface area contributed by atoms with Crippen molar-refractivity contribution < 1.29 is 4.74 Å². The van der Waals surface area contributed by atoms with Gasteiger partial charge < -0.3 is 10.5 Å². The molecule has 1 aromatic carbocycles. The molecule has 2 nitrogen and oxygen atoms in total. The Morgan fingerprint density at radius 1 is 1.31 bits per heavy atom. The topological polar surface area (TPSA) is 35.2 Å². The predicted octanol–water partition coefficient (Wildman–Crippen LogP) is 2.87. The second-order valence-corrected chi connectivity index (χ2v) is 4.79. The van der Waals surface area contributed by atoms with Gasteiger partial charge >= 0.3 is 0 Å². The zero-order valence-corrected chi connectivity index (χ0v) is 10.2. The fourth-order valence-electron chi connectivity index (χ4n) is 2.37. The highest BCUT2D eigenvalue weighted by Crippen LogP contribution is 2.27. The van der Waals surface area contributed by atoms with Crippen molar-refractivity contribution in [2.45, 2.75) is 45.3 Å². The van der Waals surface area contributed by atoms with E-state index in [-0.39, 0.29) is 12.1 Å². The van der Waals surface area contributed by atoms with E-state index in [2.05, 4.69) is 32.0 Å². The number of nitrogens with two attached hydrogens (primary N) is 1. The second-order valence-electron chi connectivity index (χ2n) is 4.79. The summed E-state index contributed by atoms with van der Waals surface area (Å²) in [5, 5.41) is 0. The molecule has 1 saturated heterocycles. The molecule has 88 valence electrons. The fraction of sp³-hybridized carbons (Fsp3) is 0.571. The minimum Gasteiger partial charge on any atom is -0.376 e. The highest BCUT2D eigenvalue weighted by atomic mass is 16.5. The third-order valence-corrected chi connectivity index (χ3v) is 3.41. The standard InChI is InChI=1S/C14H21NO/c1-10-6-7-11(2)12(9-10)14(15)13-5-3-4-8-16-13/h6-7,9,13-14H,3-5,8,15H2,1-2H3. The molecular formula is C14H21NO. The molecule has 0 spiro atoms. The van der Waals surface area contributed by atoms with Crippen LogP contribution in [0.5, 0.6) is 0 Å². The molecule has 0 amide bonds. The zero-order chi connectivity index (χ0) is 11.5. The number of hydrogen-bond acceptors (Lipinski definition) is 2. The van der Waals surface area contributed by atoms with Crippen LogP contribution in [0.2, 0.25) is 0 Å². The van der Waals surface area contributed by atoms with Crippen molar-refractivity contribution in [2.75, 3.05) is 6.61 Å². The van der Waals surface area contributed by atoms with Crippen molar-refractivity contribution in [1.82, 2.24) is 0 Å². The van der Waals surface area contributed by atoms with Gasteiger partial charge in [0.2, 0.25) is 0 Å². The fourth-order valence-corrected chi connectivity index (χ4v) is 2.37. The average Bonchev–Trinajstić information content (AvgIpc) is 2.32. The van der Waals surface area contributed by atoms with E-state index in [0.29, 0.717) is 0 Å². The van der Waals surface area contributed by atoms with Gasteiger partial charge in [-0.3, -0.25) is 0 Å². The lowest BCUT2D eigenvalue weighted by Gasteiger charge is -2.29. The first-order valence-electron chi connectivity index (χ1n) is 6.13. The van der Waals surface area contributed by atoms with E-state index in [9.17, 15) is 0 Å². The molecule has 1 aromatic rings. The van der Waals surface area contributed by atoms with Crippen LogP contribution in [0, 0.1) is 13.8 Å². The van der Waals surface area contributed by atoms with Crippen LogP contribution in [-0.4, -0.2) is 12.7 Å². The second kappa shape index (κ2) is 4.98. The third-order valence-electron chi connectivity index (χ3n) is 3.41. The normalized spacial score (nSPS) is 23.1. The van der Waals surface area contributed by atoms with Gasteiger partial charge in [0, 0.05) is 6.61 Å². The van der Waals surface area contributed by atoms with Crippen molar-refractivity contribution in [3.05, 3.63) is 34.9 Å². The van der Waals surface area contributed by atoms with Gasteiger partial charge in [0.25, 0.3) is 0 Å². The van der Waals surface area contributed by atoms with Crippen LogP contribution in [0.4, 0.5) is 0 Å². The molecule has 0 bridgehead atoms. The lowest BCUT2D eigenvalue weighted by atomic mass is 9.92. The molecule has 0 saturated carbocycles. The molecule has 1 heterocycles. The molecule has 16 heavy (non-hydrogen) atoms. The smallest absolute Gasteiger partial charge is 0.0767 e. The SMILES string of the molecule is Cc1ccc(C)c(C(N)C2CCCCO2)c1. The Morgan fingerprint density at radius 3 is 2.81 bits per heavy atom. The minimum atomic E-state index is 0.0280. The summed E-state index contributed by atoms with van der Waals surface area (Å²) >= 11 is 0. The molecule has 0 aromatic heterocycles. The Hall–Kier alpha value is -0.860. The number of ether oxygens (including phenoxy) is 1. The quantitative estimate of drug-likeness (QED) is 0.830. The van der Waals surface area contributed by atoms with Gasteiger partial charge in [-0.15, -0.1) is 0 Å². The summed E-state index contributed by atoms with van der Waals surface area (Å²) in [6.45, 7) is 5.10. The summed E-state index contributed by atoms with van der Waals surface area (Å²) in [5.74, 6) is 0. The molecule has 2 rings (SSSR count). The molecule has 2 unspecified atom stereocenters. The van der Waals surface area contributed by atoms with Crippen molar-refractivity contribution in [3.8, 4) is 0 Å². The van der Waals surface area contributed by atoms with Crippen LogP contribution in [0.3, 0.4) is 0 Å². The largest absolute Gasteiger partial charge is 0.376 e. The van der Waals surface area contributed by atoms with E-state index < -0.39 is 0 Å². The molecule has 1 fully saturated rings. The van der Waals surface area contributed by atoms with E-state index >= 15 is 0 Å².